The zero-order chi connectivity index (χ0) is 10.7. The summed E-state index contributed by atoms with van der Waals surface area (Å²) >= 11 is 0. The van der Waals surface area contributed by atoms with Crippen LogP contribution in [0.4, 0.5) is 0 Å². The van der Waals surface area contributed by atoms with Crippen LogP contribution in [0, 0.1) is 0 Å². The van der Waals surface area contributed by atoms with Gasteiger partial charge in [0.15, 0.2) is 8.32 Å². The van der Waals surface area contributed by atoms with Crippen LogP contribution >= 0.6 is 0 Å². The van der Waals surface area contributed by atoms with E-state index in [2.05, 4.69) is 52.9 Å². The zero-order valence-corrected chi connectivity index (χ0v) is 11.1. The molecule has 0 aliphatic carbocycles. The van der Waals surface area contributed by atoms with E-state index in [1.54, 1.807) is 0 Å². The Morgan fingerprint density at radius 3 is 2.00 bits per heavy atom. The van der Waals surface area contributed by atoms with Crippen LogP contribution in [0.5, 0.6) is 0 Å². The van der Waals surface area contributed by atoms with Gasteiger partial charge in [0.05, 0.1) is 6.10 Å². The molecule has 1 nitrogen and oxygen atoms in total. The predicted octanol–water partition coefficient (Wildman–Crippen LogP) is 3.97. The van der Waals surface area contributed by atoms with Crippen LogP contribution in [-0.4, -0.2) is 14.4 Å². The maximum absolute atomic E-state index is 6.09. The Hall–Kier alpha value is -0.0831. The Morgan fingerprint density at radius 2 is 1.69 bits per heavy atom. The van der Waals surface area contributed by atoms with Crippen molar-refractivity contribution in [3.8, 4) is 0 Å². The molecule has 1 atom stereocenters. The van der Waals surface area contributed by atoms with Gasteiger partial charge in [0.2, 0.25) is 0 Å². The van der Waals surface area contributed by atoms with Gasteiger partial charge in [-0.15, -0.1) is 0 Å². The van der Waals surface area contributed by atoms with Crippen molar-refractivity contribution in [2.45, 2.75) is 58.9 Å². The van der Waals surface area contributed by atoms with Crippen LogP contribution in [0.25, 0.3) is 0 Å². The van der Waals surface area contributed by atoms with E-state index in [4.69, 9.17) is 4.43 Å². The van der Waals surface area contributed by atoms with E-state index in [1.807, 2.05) is 6.92 Å². The van der Waals surface area contributed by atoms with Crippen molar-refractivity contribution in [1.82, 2.24) is 0 Å². The Labute approximate surface area is 84.3 Å². The van der Waals surface area contributed by atoms with Crippen molar-refractivity contribution in [3.05, 3.63) is 12.2 Å². The van der Waals surface area contributed by atoms with Crippen LogP contribution in [-0.2, 0) is 4.43 Å². The number of hydrogen-bond donors (Lipinski definition) is 0. The quantitative estimate of drug-likeness (QED) is 0.495. The SMILES string of the molecule is C/C=C\C(C)O[Si](C)(C)C(C)(C)C. The van der Waals surface area contributed by atoms with Gasteiger partial charge in [-0.05, 0) is 32.0 Å². The third-order valence-corrected chi connectivity index (χ3v) is 7.32. The first-order chi connectivity index (χ1) is 5.70. The fraction of sp³-hybridized carbons (Fsp3) is 0.818. The van der Waals surface area contributed by atoms with Gasteiger partial charge in [0, 0.05) is 0 Å². The maximum Gasteiger partial charge on any atom is 0.192 e. The number of hydrogen-bond acceptors (Lipinski definition) is 1. The van der Waals surface area contributed by atoms with E-state index in [0.717, 1.165) is 0 Å². The van der Waals surface area contributed by atoms with Crippen molar-refractivity contribution < 1.29 is 4.43 Å². The molecule has 0 bridgehead atoms. The molecule has 0 aromatic carbocycles. The van der Waals surface area contributed by atoms with E-state index in [1.165, 1.54) is 0 Å². The minimum Gasteiger partial charge on any atom is -0.411 e. The summed E-state index contributed by atoms with van der Waals surface area (Å²) in [5, 5.41) is 0.308. The van der Waals surface area contributed by atoms with Gasteiger partial charge in [-0.25, -0.2) is 0 Å². The highest BCUT2D eigenvalue weighted by Crippen LogP contribution is 2.37. The summed E-state index contributed by atoms with van der Waals surface area (Å²) in [5.41, 5.74) is 0. The molecule has 2 heteroatoms. The lowest BCUT2D eigenvalue weighted by atomic mass is 10.2. The van der Waals surface area contributed by atoms with Crippen molar-refractivity contribution in [2.24, 2.45) is 0 Å². The minimum atomic E-state index is -1.56. The molecule has 0 saturated carbocycles. The standard InChI is InChI=1S/C11H24OSi/c1-8-9-10(2)12-13(6,7)11(3,4)5/h8-10H,1-7H3/b9-8-. The molecule has 13 heavy (non-hydrogen) atoms. The van der Waals surface area contributed by atoms with Gasteiger partial charge in [-0.2, -0.15) is 0 Å². The van der Waals surface area contributed by atoms with Gasteiger partial charge in [-0.1, -0.05) is 32.9 Å². The van der Waals surface area contributed by atoms with Crippen molar-refractivity contribution in [3.63, 3.8) is 0 Å². The van der Waals surface area contributed by atoms with Crippen molar-refractivity contribution >= 4 is 8.32 Å². The smallest absolute Gasteiger partial charge is 0.192 e. The molecule has 0 spiro atoms. The molecule has 0 fully saturated rings. The molecule has 0 saturated heterocycles. The molecule has 0 aliphatic heterocycles. The highest BCUT2D eigenvalue weighted by atomic mass is 28.4. The maximum atomic E-state index is 6.09. The van der Waals surface area contributed by atoms with Crippen molar-refractivity contribution in [2.75, 3.05) is 0 Å². The topological polar surface area (TPSA) is 9.23 Å². The van der Waals surface area contributed by atoms with E-state index < -0.39 is 8.32 Å². The third-order valence-electron chi connectivity index (χ3n) is 2.75. The summed E-state index contributed by atoms with van der Waals surface area (Å²) in [6.07, 6.45) is 4.42. The van der Waals surface area contributed by atoms with E-state index in [0.29, 0.717) is 5.04 Å². The molecule has 0 radical (unpaired) electrons. The first-order valence-electron chi connectivity index (χ1n) is 5.01. The zero-order valence-electron chi connectivity index (χ0n) is 10.1. The average molecular weight is 200 g/mol. The monoisotopic (exact) mass is 200 g/mol. The summed E-state index contributed by atoms with van der Waals surface area (Å²) in [7, 11) is -1.56. The highest BCUT2D eigenvalue weighted by Gasteiger charge is 2.37. The summed E-state index contributed by atoms with van der Waals surface area (Å²) in [5.74, 6) is 0. The van der Waals surface area contributed by atoms with E-state index in [9.17, 15) is 0 Å². The van der Waals surface area contributed by atoms with Gasteiger partial charge in [-0.3, -0.25) is 0 Å². The molecule has 0 aromatic rings. The Bertz CT molecular complexity index is 177. The Balaban J connectivity index is 4.33. The third kappa shape index (κ3) is 4.10. The second kappa shape index (κ2) is 4.42. The minimum absolute atomic E-state index is 0.255. The summed E-state index contributed by atoms with van der Waals surface area (Å²) in [6.45, 7) is 15.5. The number of allylic oxidation sites excluding steroid dienone is 1. The fourth-order valence-corrected chi connectivity index (χ4v) is 2.31. The largest absolute Gasteiger partial charge is 0.411 e. The number of rotatable bonds is 3. The normalized spacial score (nSPS) is 16.5. The first kappa shape index (κ1) is 12.9. The fourth-order valence-electron chi connectivity index (χ4n) is 0.952. The highest BCUT2D eigenvalue weighted by molar-refractivity contribution is 6.74. The average Bonchev–Trinajstić information content (AvgIpc) is 1.83. The molecular formula is C11H24OSi. The Morgan fingerprint density at radius 1 is 1.23 bits per heavy atom. The van der Waals surface area contributed by atoms with Gasteiger partial charge in [0.25, 0.3) is 0 Å². The lowest BCUT2D eigenvalue weighted by Crippen LogP contribution is -2.42. The van der Waals surface area contributed by atoms with Gasteiger partial charge >= 0.3 is 0 Å². The van der Waals surface area contributed by atoms with Crippen LogP contribution in [0.15, 0.2) is 12.2 Å². The van der Waals surface area contributed by atoms with Crippen molar-refractivity contribution in [1.29, 1.82) is 0 Å². The lowest BCUT2D eigenvalue weighted by Gasteiger charge is -2.37. The lowest BCUT2D eigenvalue weighted by molar-refractivity contribution is 0.243. The molecule has 0 aromatic heterocycles. The van der Waals surface area contributed by atoms with Gasteiger partial charge in [0.1, 0.15) is 0 Å². The van der Waals surface area contributed by atoms with Gasteiger partial charge < -0.3 is 4.43 Å². The van der Waals surface area contributed by atoms with E-state index >= 15 is 0 Å². The second-order valence-corrected chi connectivity index (χ2v) is 9.87. The summed E-state index contributed by atoms with van der Waals surface area (Å²) in [4.78, 5) is 0. The molecule has 1 unspecified atom stereocenters. The predicted molar refractivity (Wildman–Crippen MR) is 62.6 cm³/mol. The van der Waals surface area contributed by atoms with Crippen LogP contribution in [0.3, 0.4) is 0 Å². The molecule has 0 aliphatic rings. The van der Waals surface area contributed by atoms with Crippen LogP contribution < -0.4 is 0 Å². The van der Waals surface area contributed by atoms with E-state index in [-0.39, 0.29) is 6.10 Å². The first-order valence-corrected chi connectivity index (χ1v) is 7.92. The summed E-state index contributed by atoms with van der Waals surface area (Å²) < 4.78 is 6.09. The second-order valence-electron chi connectivity index (χ2n) is 5.11. The molecule has 78 valence electrons. The van der Waals surface area contributed by atoms with Crippen LogP contribution in [0.2, 0.25) is 18.1 Å². The molecule has 0 N–H and O–H groups in total. The summed E-state index contributed by atoms with van der Waals surface area (Å²) in [6, 6.07) is 0. The van der Waals surface area contributed by atoms with Crippen LogP contribution in [0.1, 0.15) is 34.6 Å². The molecule has 0 rings (SSSR count). The molecular weight excluding hydrogens is 176 g/mol. The Kier molecular flexibility index (Phi) is 4.40. The molecule has 0 amide bonds. The molecule has 0 heterocycles.